The minimum atomic E-state index is -3.70. The molecule has 1 N–H and O–H groups in total. The molecular weight excluding hydrogens is 491 g/mol. The van der Waals surface area contributed by atoms with Crippen LogP contribution in [0.1, 0.15) is 1.43 Å². The topological polar surface area (TPSA) is 91.8 Å². The molecule has 3 aromatic rings. The second-order valence-electron chi connectivity index (χ2n) is 7.17. The predicted molar refractivity (Wildman–Crippen MR) is 127 cm³/mol. The Bertz CT molecular complexity index is 1220. The van der Waals surface area contributed by atoms with Gasteiger partial charge in [-0.15, -0.1) is 11.3 Å². The molecular formula is C21H22ClFN4O4S2. The smallest absolute Gasteiger partial charge is 0.263 e. The first-order valence-corrected chi connectivity index (χ1v) is 12.7. The number of sulfonamides is 1. The Kier molecular flexibility index (Phi) is 7.01. The van der Waals surface area contributed by atoms with Gasteiger partial charge >= 0.3 is 0 Å². The summed E-state index contributed by atoms with van der Waals surface area (Å²) >= 11 is 6.93. The van der Waals surface area contributed by atoms with Gasteiger partial charge in [0, 0.05) is 50.9 Å². The molecule has 8 nitrogen and oxygen atoms in total. The van der Waals surface area contributed by atoms with Gasteiger partial charge in [0.1, 0.15) is 11.6 Å². The summed E-state index contributed by atoms with van der Waals surface area (Å²) in [6.07, 6.45) is 1.53. The number of ether oxygens (including phenoxy) is 1. The number of carbonyl (C=O) groups is 1. The Labute approximate surface area is 201 Å². The fraction of sp³-hybridized carbons (Fsp3) is 0.238. The van der Waals surface area contributed by atoms with Gasteiger partial charge in [0.2, 0.25) is 0 Å². The van der Waals surface area contributed by atoms with Crippen molar-refractivity contribution in [3.05, 3.63) is 64.9 Å². The van der Waals surface area contributed by atoms with Crippen molar-refractivity contribution in [1.29, 1.82) is 0 Å². The normalized spacial score (nSPS) is 14.2. The van der Waals surface area contributed by atoms with E-state index in [1.807, 2.05) is 0 Å². The van der Waals surface area contributed by atoms with E-state index in [0.717, 1.165) is 5.69 Å². The van der Waals surface area contributed by atoms with Crippen LogP contribution in [0.5, 0.6) is 5.75 Å². The van der Waals surface area contributed by atoms with Crippen molar-refractivity contribution in [3.8, 4) is 5.75 Å². The molecule has 0 atom stereocenters. The van der Waals surface area contributed by atoms with Crippen molar-refractivity contribution in [2.24, 2.45) is 0 Å². The van der Waals surface area contributed by atoms with Gasteiger partial charge in [0.25, 0.3) is 15.9 Å². The molecule has 2 aromatic carbocycles. The molecule has 4 rings (SSSR count). The fourth-order valence-corrected chi connectivity index (χ4v) is 5.26. The largest absolute Gasteiger partial charge is 0.484 e. The summed E-state index contributed by atoms with van der Waals surface area (Å²) in [7, 11) is -3.70. The number of halogens is 2. The van der Waals surface area contributed by atoms with E-state index < -0.39 is 15.8 Å². The van der Waals surface area contributed by atoms with Crippen LogP contribution in [-0.4, -0.2) is 57.0 Å². The Hall–Kier alpha value is -2.89. The maximum atomic E-state index is 13.2. The first-order chi connectivity index (χ1) is 15.8. The second-order valence-corrected chi connectivity index (χ2v) is 10.2. The number of hydrogen-bond acceptors (Lipinski definition) is 7. The highest BCUT2D eigenvalue weighted by molar-refractivity contribution is 7.93. The van der Waals surface area contributed by atoms with E-state index in [9.17, 15) is 17.6 Å². The highest BCUT2D eigenvalue weighted by Gasteiger charge is 2.22. The monoisotopic (exact) mass is 512 g/mol. The molecule has 12 heteroatoms. The van der Waals surface area contributed by atoms with E-state index in [-0.39, 0.29) is 23.9 Å². The van der Waals surface area contributed by atoms with E-state index in [1.54, 1.807) is 34.5 Å². The maximum Gasteiger partial charge on any atom is 0.263 e. The summed E-state index contributed by atoms with van der Waals surface area (Å²) in [5.74, 6) is -0.398. The van der Waals surface area contributed by atoms with E-state index in [1.165, 1.54) is 35.7 Å². The summed E-state index contributed by atoms with van der Waals surface area (Å²) in [6, 6.07) is 10.5. The van der Waals surface area contributed by atoms with Gasteiger partial charge < -0.3 is 14.5 Å². The van der Waals surface area contributed by atoms with Gasteiger partial charge in [-0.05, 0) is 36.4 Å². The summed E-state index contributed by atoms with van der Waals surface area (Å²) in [5, 5.41) is 1.94. The number of amides is 1. The van der Waals surface area contributed by atoms with Crippen LogP contribution in [0.2, 0.25) is 5.02 Å². The zero-order valence-electron chi connectivity index (χ0n) is 17.3. The number of carbonyl (C=O) groups excluding carboxylic acids is 1. The molecule has 1 aliphatic heterocycles. The quantitative estimate of drug-likeness (QED) is 0.519. The summed E-state index contributed by atoms with van der Waals surface area (Å²) in [4.78, 5) is 20.3. The Morgan fingerprint density at radius 2 is 1.91 bits per heavy atom. The second kappa shape index (κ2) is 9.94. The van der Waals surface area contributed by atoms with Crippen LogP contribution in [0.3, 0.4) is 0 Å². The van der Waals surface area contributed by atoms with Gasteiger partial charge in [0.15, 0.2) is 11.7 Å². The standard InChI is InChI=1S/C21H20ClFN4O4S2.H2/c22-18-13-16(3-6-19(18)23)31-14-20(28)27-10-8-26(9-11-27)15-1-4-17(5-2-15)33(29,30)25-21-24-7-12-32-21;/h1-7,12-13H,8-11,14H2,(H,24,25);1H. The SMILES string of the molecule is O=C(COc1ccc(F)c(Cl)c1)N1CCN(c2ccc(S(=O)(=O)Nc3nccs3)cc2)CC1.[HH]. The number of rotatable bonds is 7. The zero-order chi connectivity index (χ0) is 23.4. The zero-order valence-corrected chi connectivity index (χ0v) is 19.7. The number of aromatic nitrogens is 1. The summed E-state index contributed by atoms with van der Waals surface area (Å²) < 4.78 is 46.0. The molecule has 1 fully saturated rings. The predicted octanol–water partition coefficient (Wildman–Crippen LogP) is 3.71. The Balaban J connectivity index is 0.00000324. The highest BCUT2D eigenvalue weighted by Crippen LogP contribution is 2.23. The van der Waals surface area contributed by atoms with Crippen LogP contribution in [0.4, 0.5) is 15.2 Å². The van der Waals surface area contributed by atoms with Crippen molar-refractivity contribution in [2.75, 3.05) is 42.4 Å². The van der Waals surface area contributed by atoms with E-state index >= 15 is 0 Å². The lowest BCUT2D eigenvalue weighted by atomic mass is 10.2. The third-order valence-electron chi connectivity index (χ3n) is 5.05. The molecule has 176 valence electrons. The summed E-state index contributed by atoms with van der Waals surface area (Å²) in [5.41, 5.74) is 0.868. The highest BCUT2D eigenvalue weighted by atomic mass is 35.5. The first kappa shape index (κ1) is 23.3. The molecule has 1 aliphatic rings. The number of nitrogens with zero attached hydrogens (tertiary/aromatic N) is 3. The van der Waals surface area contributed by atoms with Crippen molar-refractivity contribution < 1.29 is 23.8 Å². The van der Waals surface area contributed by atoms with Gasteiger partial charge in [-0.25, -0.2) is 17.8 Å². The minimum Gasteiger partial charge on any atom is -0.484 e. The van der Waals surface area contributed by atoms with Crippen molar-refractivity contribution in [1.82, 2.24) is 9.88 Å². The van der Waals surface area contributed by atoms with Gasteiger partial charge in [0.05, 0.1) is 9.92 Å². The van der Waals surface area contributed by atoms with Gasteiger partial charge in [-0.2, -0.15) is 0 Å². The van der Waals surface area contributed by atoms with Crippen LogP contribution in [0.25, 0.3) is 0 Å². The molecule has 1 saturated heterocycles. The fourth-order valence-electron chi connectivity index (χ4n) is 3.30. The van der Waals surface area contributed by atoms with E-state index in [2.05, 4.69) is 14.6 Å². The average molecular weight is 513 g/mol. The molecule has 0 unspecified atom stereocenters. The van der Waals surface area contributed by atoms with Crippen molar-refractivity contribution >= 4 is 49.7 Å². The molecule has 33 heavy (non-hydrogen) atoms. The molecule has 0 bridgehead atoms. The Morgan fingerprint density at radius 3 is 2.55 bits per heavy atom. The van der Waals surface area contributed by atoms with Gasteiger partial charge in [-0.3, -0.25) is 9.52 Å². The molecule has 0 radical (unpaired) electrons. The van der Waals surface area contributed by atoms with Crippen molar-refractivity contribution in [3.63, 3.8) is 0 Å². The molecule has 1 amide bonds. The molecule has 0 aliphatic carbocycles. The molecule has 0 saturated carbocycles. The number of thiazole rings is 1. The van der Waals surface area contributed by atoms with E-state index in [0.29, 0.717) is 37.1 Å². The van der Waals surface area contributed by atoms with Crippen LogP contribution in [0.15, 0.2) is 58.9 Å². The third kappa shape index (κ3) is 5.73. The number of piperazine rings is 1. The lowest BCUT2D eigenvalue weighted by molar-refractivity contribution is -0.133. The number of hydrogen-bond donors (Lipinski definition) is 1. The van der Waals surface area contributed by atoms with Crippen LogP contribution in [0, 0.1) is 5.82 Å². The van der Waals surface area contributed by atoms with Crippen LogP contribution in [-0.2, 0) is 14.8 Å². The van der Waals surface area contributed by atoms with E-state index in [4.69, 9.17) is 16.3 Å². The number of benzene rings is 2. The first-order valence-electron chi connectivity index (χ1n) is 9.95. The van der Waals surface area contributed by atoms with Crippen molar-refractivity contribution in [2.45, 2.75) is 4.90 Å². The molecule has 0 spiro atoms. The minimum absolute atomic E-state index is 0. The Morgan fingerprint density at radius 1 is 1.18 bits per heavy atom. The maximum absolute atomic E-state index is 13.2. The lowest BCUT2D eigenvalue weighted by Crippen LogP contribution is -2.50. The molecule has 2 heterocycles. The average Bonchev–Trinajstić information content (AvgIpc) is 3.32. The van der Waals surface area contributed by atoms with Crippen LogP contribution < -0.4 is 14.4 Å². The third-order valence-corrected chi connectivity index (χ3v) is 7.51. The van der Waals surface area contributed by atoms with Crippen LogP contribution >= 0.6 is 22.9 Å². The summed E-state index contributed by atoms with van der Waals surface area (Å²) in [6.45, 7) is 2.02. The lowest BCUT2D eigenvalue weighted by Gasteiger charge is -2.36. The number of anilines is 2. The van der Waals surface area contributed by atoms with Gasteiger partial charge in [-0.1, -0.05) is 11.6 Å². The number of nitrogens with one attached hydrogen (secondary N) is 1. The molecule has 1 aromatic heterocycles.